The molecule has 1 aliphatic heterocycles. The lowest BCUT2D eigenvalue weighted by atomic mass is 10.1. The first-order valence-corrected chi connectivity index (χ1v) is 6.91. The molecule has 2 aromatic rings. The van der Waals surface area contributed by atoms with Crippen LogP contribution in [0.25, 0.3) is 11.0 Å². The number of benzene rings is 1. The SMILES string of the molecule is Cc1c(C(=O)OCC(=O)N2CCNC2=O)oc2ccc(F)cc12. The van der Waals surface area contributed by atoms with Gasteiger partial charge in [-0.05, 0) is 25.1 Å². The van der Waals surface area contributed by atoms with Crippen molar-refractivity contribution < 1.29 is 27.9 Å². The van der Waals surface area contributed by atoms with E-state index in [2.05, 4.69) is 5.32 Å². The van der Waals surface area contributed by atoms with Crippen molar-refractivity contribution in [3.63, 3.8) is 0 Å². The molecule has 0 bridgehead atoms. The monoisotopic (exact) mass is 320 g/mol. The molecular weight excluding hydrogens is 307 g/mol. The molecule has 2 heterocycles. The van der Waals surface area contributed by atoms with E-state index in [4.69, 9.17) is 9.15 Å². The largest absolute Gasteiger partial charge is 0.450 e. The maximum absolute atomic E-state index is 13.2. The number of halogens is 1. The van der Waals surface area contributed by atoms with E-state index in [0.717, 1.165) is 4.90 Å². The number of hydrogen-bond donors (Lipinski definition) is 1. The number of carbonyl (C=O) groups excluding carboxylic acids is 3. The summed E-state index contributed by atoms with van der Waals surface area (Å²) in [5.74, 6) is -2.00. The van der Waals surface area contributed by atoms with Crippen LogP contribution in [0.5, 0.6) is 0 Å². The number of aryl methyl sites for hydroxylation is 1. The van der Waals surface area contributed by atoms with Crippen LogP contribution >= 0.6 is 0 Å². The smallest absolute Gasteiger partial charge is 0.375 e. The molecule has 0 aliphatic carbocycles. The van der Waals surface area contributed by atoms with Gasteiger partial charge in [-0.3, -0.25) is 9.69 Å². The first-order chi connectivity index (χ1) is 11.0. The first kappa shape index (κ1) is 15.0. The molecule has 0 unspecified atom stereocenters. The Morgan fingerprint density at radius 2 is 2.22 bits per heavy atom. The fourth-order valence-corrected chi connectivity index (χ4v) is 2.37. The van der Waals surface area contributed by atoms with Crippen molar-refractivity contribution in [3.8, 4) is 0 Å². The average Bonchev–Trinajstić information content (AvgIpc) is 3.09. The molecule has 1 N–H and O–H groups in total. The van der Waals surface area contributed by atoms with Crippen LogP contribution in [0.4, 0.5) is 9.18 Å². The van der Waals surface area contributed by atoms with Crippen molar-refractivity contribution >= 4 is 28.9 Å². The van der Waals surface area contributed by atoms with E-state index in [1.54, 1.807) is 6.92 Å². The molecule has 0 atom stereocenters. The number of amides is 3. The molecule has 1 fully saturated rings. The lowest BCUT2D eigenvalue weighted by molar-refractivity contribution is -0.130. The summed E-state index contributed by atoms with van der Waals surface area (Å²) in [6, 6.07) is 3.37. The van der Waals surface area contributed by atoms with Gasteiger partial charge in [0.25, 0.3) is 5.91 Å². The second-order valence-corrected chi connectivity index (χ2v) is 5.05. The summed E-state index contributed by atoms with van der Waals surface area (Å²) in [5, 5.41) is 2.93. The maximum Gasteiger partial charge on any atom is 0.375 e. The highest BCUT2D eigenvalue weighted by atomic mass is 19.1. The maximum atomic E-state index is 13.2. The zero-order chi connectivity index (χ0) is 16.6. The number of carbonyl (C=O) groups is 3. The van der Waals surface area contributed by atoms with E-state index in [1.165, 1.54) is 18.2 Å². The standard InChI is InChI=1S/C15H13FN2O5/c1-8-10-6-9(16)2-3-11(10)23-13(8)14(20)22-7-12(19)18-5-4-17-15(18)21/h2-3,6H,4-5,7H2,1H3,(H,17,21). The van der Waals surface area contributed by atoms with Crippen LogP contribution in [0.2, 0.25) is 0 Å². The Balaban J connectivity index is 1.72. The van der Waals surface area contributed by atoms with Gasteiger partial charge < -0.3 is 14.5 Å². The minimum absolute atomic E-state index is 0.0933. The molecule has 0 radical (unpaired) electrons. The topological polar surface area (TPSA) is 88.9 Å². The van der Waals surface area contributed by atoms with Crippen molar-refractivity contribution in [1.29, 1.82) is 0 Å². The van der Waals surface area contributed by atoms with Gasteiger partial charge in [-0.1, -0.05) is 0 Å². The molecule has 1 aromatic heterocycles. The number of imide groups is 1. The number of furan rings is 1. The highest BCUT2D eigenvalue weighted by molar-refractivity contribution is 5.99. The number of rotatable bonds is 3. The summed E-state index contributed by atoms with van der Waals surface area (Å²) in [7, 11) is 0. The van der Waals surface area contributed by atoms with Gasteiger partial charge in [0.1, 0.15) is 11.4 Å². The molecular formula is C15H13FN2O5. The third-order valence-corrected chi connectivity index (χ3v) is 3.57. The molecule has 0 saturated carbocycles. The van der Waals surface area contributed by atoms with Gasteiger partial charge in [-0.15, -0.1) is 0 Å². The number of fused-ring (bicyclic) bond motifs is 1. The summed E-state index contributed by atoms with van der Waals surface area (Å²) in [4.78, 5) is 36.1. The van der Waals surface area contributed by atoms with Gasteiger partial charge in [-0.2, -0.15) is 0 Å². The molecule has 8 heteroatoms. The lowest BCUT2D eigenvalue weighted by Gasteiger charge is -2.11. The lowest BCUT2D eigenvalue weighted by Crippen LogP contribution is -2.37. The molecule has 1 aromatic carbocycles. The zero-order valence-electron chi connectivity index (χ0n) is 12.2. The Hall–Kier alpha value is -2.90. The molecule has 0 spiro atoms. The van der Waals surface area contributed by atoms with Gasteiger partial charge in [0, 0.05) is 24.0 Å². The third kappa shape index (κ3) is 2.75. The Morgan fingerprint density at radius 1 is 1.43 bits per heavy atom. The van der Waals surface area contributed by atoms with Gasteiger partial charge in [-0.25, -0.2) is 14.0 Å². The molecule has 3 amide bonds. The van der Waals surface area contributed by atoms with Crippen LogP contribution in [0.1, 0.15) is 16.1 Å². The van der Waals surface area contributed by atoms with Crippen LogP contribution in [0.3, 0.4) is 0 Å². The van der Waals surface area contributed by atoms with Crippen LogP contribution < -0.4 is 5.32 Å². The number of hydrogen-bond acceptors (Lipinski definition) is 5. The predicted molar refractivity (Wildman–Crippen MR) is 76.3 cm³/mol. The molecule has 23 heavy (non-hydrogen) atoms. The highest BCUT2D eigenvalue weighted by Crippen LogP contribution is 2.26. The summed E-state index contributed by atoms with van der Waals surface area (Å²) < 4.78 is 23.5. The molecule has 1 saturated heterocycles. The van der Waals surface area contributed by atoms with Crippen molar-refractivity contribution in [3.05, 3.63) is 35.3 Å². The number of nitrogens with zero attached hydrogens (tertiary/aromatic N) is 1. The Kier molecular flexibility index (Phi) is 3.73. The summed E-state index contributed by atoms with van der Waals surface area (Å²) in [5.41, 5.74) is 0.775. The summed E-state index contributed by atoms with van der Waals surface area (Å²) >= 11 is 0. The Bertz CT molecular complexity index is 814. The molecule has 7 nitrogen and oxygen atoms in total. The number of urea groups is 1. The highest BCUT2D eigenvalue weighted by Gasteiger charge is 2.28. The van der Waals surface area contributed by atoms with E-state index in [-0.39, 0.29) is 12.3 Å². The Morgan fingerprint density at radius 3 is 2.91 bits per heavy atom. The minimum Gasteiger partial charge on any atom is -0.450 e. The van der Waals surface area contributed by atoms with Crippen molar-refractivity contribution in [2.24, 2.45) is 0 Å². The van der Waals surface area contributed by atoms with Crippen LogP contribution in [-0.4, -0.2) is 42.5 Å². The van der Waals surface area contributed by atoms with Crippen molar-refractivity contribution in [1.82, 2.24) is 10.2 Å². The van der Waals surface area contributed by atoms with Gasteiger partial charge >= 0.3 is 12.0 Å². The van der Waals surface area contributed by atoms with E-state index < -0.39 is 30.3 Å². The third-order valence-electron chi connectivity index (χ3n) is 3.57. The van der Waals surface area contributed by atoms with Gasteiger partial charge in [0.05, 0.1) is 0 Å². The Labute approximate surface area is 130 Å². The average molecular weight is 320 g/mol. The van der Waals surface area contributed by atoms with Crippen molar-refractivity contribution in [2.75, 3.05) is 19.7 Å². The molecule has 120 valence electrons. The number of nitrogens with one attached hydrogen (secondary N) is 1. The number of esters is 1. The summed E-state index contributed by atoms with van der Waals surface area (Å²) in [6.07, 6.45) is 0. The minimum atomic E-state index is -0.841. The summed E-state index contributed by atoms with van der Waals surface area (Å²) in [6.45, 7) is 1.62. The van der Waals surface area contributed by atoms with E-state index in [0.29, 0.717) is 23.1 Å². The molecule has 1 aliphatic rings. The fraction of sp³-hybridized carbons (Fsp3) is 0.267. The van der Waals surface area contributed by atoms with Gasteiger partial charge in [0.15, 0.2) is 6.61 Å². The van der Waals surface area contributed by atoms with Crippen LogP contribution in [0, 0.1) is 12.7 Å². The van der Waals surface area contributed by atoms with E-state index >= 15 is 0 Å². The molecule has 3 rings (SSSR count). The van der Waals surface area contributed by atoms with E-state index in [9.17, 15) is 18.8 Å². The predicted octanol–water partition coefficient (Wildman–Crippen LogP) is 1.59. The number of ether oxygens (including phenoxy) is 1. The van der Waals surface area contributed by atoms with Crippen LogP contribution in [-0.2, 0) is 9.53 Å². The van der Waals surface area contributed by atoms with E-state index in [1.807, 2.05) is 0 Å². The zero-order valence-corrected chi connectivity index (χ0v) is 12.2. The normalized spacial score (nSPS) is 14.2. The second kappa shape index (κ2) is 5.71. The van der Waals surface area contributed by atoms with Crippen LogP contribution in [0.15, 0.2) is 22.6 Å². The first-order valence-electron chi connectivity index (χ1n) is 6.91. The van der Waals surface area contributed by atoms with Gasteiger partial charge in [0.2, 0.25) is 5.76 Å². The quantitative estimate of drug-likeness (QED) is 0.868. The second-order valence-electron chi connectivity index (χ2n) is 5.05. The fourth-order valence-electron chi connectivity index (χ4n) is 2.37. The van der Waals surface area contributed by atoms with Crippen molar-refractivity contribution in [2.45, 2.75) is 6.92 Å².